The molecule has 27 heavy (non-hydrogen) atoms. The molecule has 0 unspecified atom stereocenters. The minimum absolute atomic E-state index is 0.186. The van der Waals surface area contributed by atoms with Crippen LogP contribution in [0.4, 0.5) is 0 Å². The third kappa shape index (κ3) is 7.31. The maximum atomic E-state index is 12.6. The Balaban J connectivity index is 1.88. The van der Waals surface area contributed by atoms with E-state index in [0.717, 1.165) is 11.3 Å². The number of amides is 2. The van der Waals surface area contributed by atoms with Gasteiger partial charge in [0.2, 0.25) is 11.8 Å². The molecule has 2 amide bonds. The van der Waals surface area contributed by atoms with Gasteiger partial charge >= 0.3 is 0 Å². The van der Waals surface area contributed by atoms with Crippen molar-refractivity contribution in [2.24, 2.45) is 11.7 Å². The van der Waals surface area contributed by atoms with Crippen LogP contribution in [0.3, 0.4) is 0 Å². The average Bonchev–Trinajstić information content (AvgIpc) is 2.67. The third-order valence-electron chi connectivity index (χ3n) is 4.25. The molecule has 2 atom stereocenters. The Labute approximate surface area is 170 Å². The van der Waals surface area contributed by atoms with Crippen molar-refractivity contribution in [3.8, 4) is 0 Å². The highest BCUT2D eigenvalue weighted by Gasteiger charge is 2.23. The number of primary amides is 1. The molecule has 0 saturated heterocycles. The van der Waals surface area contributed by atoms with E-state index in [1.165, 1.54) is 11.1 Å². The molecule has 0 bridgehead atoms. The van der Waals surface area contributed by atoms with E-state index in [0.29, 0.717) is 17.9 Å². The third-order valence-corrected chi connectivity index (χ3v) is 5.80. The monoisotopic (exact) mass is 402 g/mol. The molecule has 0 aliphatic carbocycles. The van der Waals surface area contributed by atoms with Crippen LogP contribution in [0.2, 0.25) is 0 Å². The van der Waals surface area contributed by atoms with Crippen LogP contribution >= 0.6 is 24.4 Å². The van der Waals surface area contributed by atoms with E-state index in [4.69, 9.17) is 5.73 Å². The van der Waals surface area contributed by atoms with E-state index in [2.05, 4.69) is 42.2 Å². The van der Waals surface area contributed by atoms with Gasteiger partial charge in [-0.1, -0.05) is 60.2 Å². The first-order chi connectivity index (χ1) is 13.0. The van der Waals surface area contributed by atoms with Gasteiger partial charge in [0.1, 0.15) is 6.04 Å². The molecule has 0 aliphatic rings. The summed E-state index contributed by atoms with van der Waals surface area (Å²) in [5.74, 6) is 0.605. The maximum Gasteiger partial charge on any atom is 0.240 e. The first-order valence-electron chi connectivity index (χ1n) is 8.87. The molecule has 0 aliphatic heterocycles. The van der Waals surface area contributed by atoms with Crippen LogP contribution in [0.5, 0.6) is 0 Å². The van der Waals surface area contributed by atoms with Gasteiger partial charge < -0.3 is 11.1 Å². The number of hydrogen-bond acceptors (Lipinski definition) is 4. The zero-order valence-electron chi connectivity index (χ0n) is 15.4. The Morgan fingerprint density at radius 1 is 1.07 bits per heavy atom. The fourth-order valence-electron chi connectivity index (χ4n) is 2.60. The van der Waals surface area contributed by atoms with Crippen molar-refractivity contribution in [3.63, 3.8) is 0 Å². The number of benzene rings is 2. The van der Waals surface area contributed by atoms with Crippen LogP contribution < -0.4 is 11.1 Å². The molecular weight excluding hydrogens is 376 g/mol. The lowest BCUT2D eigenvalue weighted by Crippen LogP contribution is -2.48. The van der Waals surface area contributed by atoms with Crippen LogP contribution in [0, 0.1) is 12.8 Å². The number of carbonyl (C=O) groups is 2. The SMILES string of the molecule is Cc1ccc(CSC[C@@H](NC(=O)[C@@H](CS)Cc2ccccc2)C(N)=O)cc1. The Morgan fingerprint density at radius 2 is 1.74 bits per heavy atom. The largest absolute Gasteiger partial charge is 0.368 e. The molecule has 2 aromatic carbocycles. The number of nitrogens with one attached hydrogen (secondary N) is 1. The molecule has 2 rings (SSSR count). The second-order valence-electron chi connectivity index (χ2n) is 6.53. The predicted octanol–water partition coefficient (Wildman–Crippen LogP) is 2.99. The molecule has 3 N–H and O–H groups in total. The van der Waals surface area contributed by atoms with Crippen LogP contribution in [-0.2, 0) is 21.8 Å². The van der Waals surface area contributed by atoms with E-state index in [1.807, 2.05) is 37.3 Å². The Morgan fingerprint density at radius 3 is 2.33 bits per heavy atom. The quantitative estimate of drug-likeness (QED) is 0.535. The Bertz CT molecular complexity index is 736. The van der Waals surface area contributed by atoms with E-state index in [9.17, 15) is 9.59 Å². The molecule has 0 radical (unpaired) electrons. The normalized spacial score (nSPS) is 13.0. The van der Waals surface area contributed by atoms with Crippen LogP contribution in [0.1, 0.15) is 16.7 Å². The molecule has 4 nitrogen and oxygen atoms in total. The standard InChI is InChI=1S/C21H26N2O2S2/c1-15-7-9-17(10-8-15)13-27-14-19(20(22)24)23-21(25)18(12-26)11-16-5-3-2-4-6-16/h2-10,18-19,26H,11-14H2,1H3,(H2,22,24)(H,23,25)/t18-,19-/m1/s1. The van der Waals surface area contributed by atoms with E-state index >= 15 is 0 Å². The lowest BCUT2D eigenvalue weighted by Gasteiger charge is -2.20. The molecule has 0 saturated carbocycles. The number of thiol groups is 1. The first-order valence-corrected chi connectivity index (χ1v) is 10.7. The maximum absolute atomic E-state index is 12.6. The fourth-order valence-corrected chi connectivity index (χ4v) is 3.93. The van der Waals surface area contributed by atoms with Crippen molar-refractivity contribution in [1.82, 2.24) is 5.32 Å². The summed E-state index contributed by atoms with van der Waals surface area (Å²) in [4.78, 5) is 24.4. The highest BCUT2D eigenvalue weighted by atomic mass is 32.2. The van der Waals surface area contributed by atoms with Crippen molar-refractivity contribution in [3.05, 3.63) is 71.3 Å². The number of aryl methyl sites for hydroxylation is 1. The van der Waals surface area contributed by atoms with Crippen molar-refractivity contribution < 1.29 is 9.59 Å². The van der Waals surface area contributed by atoms with Crippen LogP contribution in [0.15, 0.2) is 54.6 Å². The van der Waals surface area contributed by atoms with Crippen molar-refractivity contribution in [2.75, 3.05) is 11.5 Å². The van der Waals surface area contributed by atoms with Gasteiger partial charge in [-0.3, -0.25) is 9.59 Å². The summed E-state index contributed by atoms with van der Waals surface area (Å²) in [6.07, 6.45) is 0.582. The Hall–Kier alpha value is -1.92. The highest BCUT2D eigenvalue weighted by Crippen LogP contribution is 2.15. The van der Waals surface area contributed by atoms with E-state index in [-0.39, 0.29) is 11.8 Å². The highest BCUT2D eigenvalue weighted by molar-refractivity contribution is 7.98. The second kappa shape index (κ2) is 11.0. The molecule has 6 heteroatoms. The van der Waals surface area contributed by atoms with Crippen molar-refractivity contribution in [1.29, 1.82) is 0 Å². The number of thioether (sulfide) groups is 1. The summed E-state index contributed by atoms with van der Waals surface area (Å²) >= 11 is 5.88. The number of rotatable bonds is 10. The van der Waals surface area contributed by atoms with Crippen molar-refractivity contribution in [2.45, 2.75) is 25.1 Å². The first kappa shape index (κ1) is 21.4. The van der Waals surface area contributed by atoms with Gasteiger partial charge in [0.05, 0.1) is 5.92 Å². The summed E-state index contributed by atoms with van der Waals surface area (Å²) in [7, 11) is 0. The van der Waals surface area contributed by atoms with Gasteiger partial charge in [0, 0.05) is 17.3 Å². The number of carbonyl (C=O) groups excluding carboxylic acids is 2. The second-order valence-corrected chi connectivity index (χ2v) is 7.93. The molecular formula is C21H26N2O2S2. The molecule has 0 aromatic heterocycles. The summed E-state index contributed by atoms with van der Waals surface area (Å²) in [5, 5.41) is 2.80. The fraction of sp³-hybridized carbons (Fsp3) is 0.333. The molecule has 0 fully saturated rings. The predicted molar refractivity (Wildman–Crippen MR) is 116 cm³/mol. The zero-order valence-corrected chi connectivity index (χ0v) is 17.1. The lowest BCUT2D eigenvalue weighted by atomic mass is 10.00. The van der Waals surface area contributed by atoms with Gasteiger partial charge in [-0.25, -0.2) is 0 Å². The van der Waals surface area contributed by atoms with Crippen molar-refractivity contribution >= 4 is 36.2 Å². The van der Waals surface area contributed by atoms with Crippen LogP contribution in [0.25, 0.3) is 0 Å². The number of hydrogen-bond donors (Lipinski definition) is 3. The molecule has 0 spiro atoms. The lowest BCUT2D eigenvalue weighted by molar-refractivity contribution is -0.129. The van der Waals surface area contributed by atoms with E-state index in [1.54, 1.807) is 11.8 Å². The molecule has 144 valence electrons. The van der Waals surface area contributed by atoms with Gasteiger partial charge in [0.25, 0.3) is 0 Å². The Kier molecular flexibility index (Phi) is 8.75. The summed E-state index contributed by atoms with van der Waals surface area (Å²) in [6.45, 7) is 2.04. The summed E-state index contributed by atoms with van der Waals surface area (Å²) < 4.78 is 0. The minimum Gasteiger partial charge on any atom is -0.368 e. The van der Waals surface area contributed by atoms with Gasteiger partial charge in [-0.2, -0.15) is 24.4 Å². The van der Waals surface area contributed by atoms with Gasteiger partial charge in [0.15, 0.2) is 0 Å². The van der Waals surface area contributed by atoms with Gasteiger partial charge in [-0.05, 0) is 24.5 Å². The summed E-state index contributed by atoms with van der Waals surface area (Å²) in [6, 6.07) is 17.3. The van der Waals surface area contributed by atoms with Crippen LogP contribution in [-0.4, -0.2) is 29.4 Å². The number of nitrogens with two attached hydrogens (primary N) is 1. The van der Waals surface area contributed by atoms with E-state index < -0.39 is 11.9 Å². The topological polar surface area (TPSA) is 72.2 Å². The molecule has 2 aromatic rings. The zero-order chi connectivity index (χ0) is 19.6. The minimum atomic E-state index is -0.689. The molecule has 0 heterocycles. The summed E-state index contributed by atoms with van der Waals surface area (Å²) in [5.41, 5.74) is 8.95. The smallest absolute Gasteiger partial charge is 0.240 e. The van der Waals surface area contributed by atoms with Gasteiger partial charge in [-0.15, -0.1) is 0 Å². The average molecular weight is 403 g/mol.